The largest absolute Gasteiger partial charge is 0.355 e. The zero-order chi connectivity index (χ0) is 25.9. The molecule has 1 N–H and O–H groups in total. The third-order valence-electron chi connectivity index (χ3n) is 6.58. The molecule has 0 bridgehead atoms. The minimum absolute atomic E-state index is 0.0653. The third kappa shape index (κ3) is 5.57. The van der Waals surface area contributed by atoms with E-state index in [-0.39, 0.29) is 35.6 Å². The minimum Gasteiger partial charge on any atom is -0.355 e. The van der Waals surface area contributed by atoms with Gasteiger partial charge in [0.05, 0.1) is 0 Å². The van der Waals surface area contributed by atoms with Gasteiger partial charge in [0.15, 0.2) is 10.7 Å². The molecule has 0 unspecified atom stereocenters. The third-order valence-corrected chi connectivity index (χ3v) is 8.64. The molecule has 3 aromatic rings. The molecular weight excluding hydrogens is 476 g/mol. The molecular formula is C27H32N4O4S. The average molecular weight is 509 g/mol. The van der Waals surface area contributed by atoms with Gasteiger partial charge < -0.3 is 9.84 Å². The second-order valence-electron chi connectivity index (χ2n) is 9.36. The van der Waals surface area contributed by atoms with Gasteiger partial charge in [-0.3, -0.25) is 9.78 Å². The van der Waals surface area contributed by atoms with Crippen molar-refractivity contribution in [2.24, 2.45) is 5.92 Å². The van der Waals surface area contributed by atoms with Crippen LogP contribution in [0, 0.1) is 33.6 Å². The Kier molecular flexibility index (Phi) is 7.70. The number of benzene rings is 1. The summed E-state index contributed by atoms with van der Waals surface area (Å²) in [4.78, 5) is 16.8. The highest BCUT2D eigenvalue weighted by Crippen LogP contribution is 2.30. The normalized spacial score (nSPS) is 15.4. The van der Waals surface area contributed by atoms with Gasteiger partial charge in [0.2, 0.25) is 15.9 Å². The second-order valence-corrected chi connectivity index (χ2v) is 11.2. The molecule has 1 aliphatic rings. The molecule has 3 heterocycles. The number of hydrogen-bond donors (Lipinski definition) is 1. The van der Waals surface area contributed by atoms with Crippen LogP contribution in [0.3, 0.4) is 0 Å². The molecule has 1 aromatic carbocycles. The van der Waals surface area contributed by atoms with E-state index in [1.54, 1.807) is 25.4 Å². The van der Waals surface area contributed by atoms with Gasteiger partial charge in [-0.15, -0.1) is 0 Å². The number of sulfonamides is 1. The second kappa shape index (κ2) is 10.8. The smallest absolute Gasteiger partial charge is 0.248 e. The van der Waals surface area contributed by atoms with Crippen molar-refractivity contribution < 1.29 is 17.7 Å². The first-order valence-corrected chi connectivity index (χ1v) is 13.5. The number of aromatic nitrogens is 2. The van der Waals surface area contributed by atoms with Gasteiger partial charge in [-0.25, -0.2) is 8.42 Å². The molecule has 0 spiro atoms. The van der Waals surface area contributed by atoms with Crippen LogP contribution in [0.4, 0.5) is 0 Å². The van der Waals surface area contributed by atoms with Gasteiger partial charge in [0, 0.05) is 37.9 Å². The highest BCUT2D eigenvalue weighted by Gasteiger charge is 2.35. The first-order chi connectivity index (χ1) is 17.2. The number of rotatable bonds is 7. The van der Waals surface area contributed by atoms with E-state index in [1.165, 1.54) is 9.87 Å². The number of amides is 1. The minimum atomic E-state index is -3.83. The average Bonchev–Trinajstić information content (AvgIpc) is 3.23. The molecule has 4 rings (SSSR count). The van der Waals surface area contributed by atoms with Crippen LogP contribution in [0.1, 0.15) is 52.1 Å². The zero-order valence-corrected chi connectivity index (χ0v) is 21.9. The first-order valence-electron chi connectivity index (χ1n) is 12.1. The van der Waals surface area contributed by atoms with Crippen LogP contribution in [0.15, 0.2) is 46.1 Å². The molecule has 0 atom stereocenters. The summed E-state index contributed by atoms with van der Waals surface area (Å²) in [5, 5.41) is 6.88. The van der Waals surface area contributed by atoms with Crippen LogP contribution in [0.25, 0.3) is 12.2 Å². The molecule has 0 aliphatic carbocycles. The van der Waals surface area contributed by atoms with E-state index in [0.717, 1.165) is 22.3 Å². The fourth-order valence-corrected chi connectivity index (χ4v) is 6.46. The summed E-state index contributed by atoms with van der Waals surface area (Å²) < 4.78 is 34.0. The molecule has 1 saturated heterocycles. The van der Waals surface area contributed by atoms with E-state index in [9.17, 15) is 13.2 Å². The Bertz CT molecular complexity index is 1350. The Morgan fingerprint density at radius 1 is 1.14 bits per heavy atom. The summed E-state index contributed by atoms with van der Waals surface area (Å²) in [5.41, 5.74) is 5.65. The fourth-order valence-electron chi connectivity index (χ4n) is 4.74. The molecule has 0 saturated carbocycles. The molecule has 0 radical (unpaired) electrons. The van der Waals surface area contributed by atoms with Gasteiger partial charge in [0.25, 0.3) is 0 Å². The van der Waals surface area contributed by atoms with Crippen molar-refractivity contribution in [3.05, 3.63) is 75.9 Å². The lowest BCUT2D eigenvalue weighted by molar-refractivity contribution is -0.126. The summed E-state index contributed by atoms with van der Waals surface area (Å²) in [6.45, 7) is 8.66. The number of carbonyl (C=O) groups excluding carboxylic acids is 1. The van der Waals surface area contributed by atoms with E-state index >= 15 is 0 Å². The predicted molar refractivity (Wildman–Crippen MR) is 138 cm³/mol. The van der Waals surface area contributed by atoms with Gasteiger partial charge in [-0.1, -0.05) is 35.0 Å². The van der Waals surface area contributed by atoms with E-state index in [4.69, 9.17) is 4.52 Å². The predicted octanol–water partition coefficient (Wildman–Crippen LogP) is 4.19. The van der Waals surface area contributed by atoms with Crippen molar-refractivity contribution in [3.63, 3.8) is 0 Å². The Morgan fingerprint density at radius 2 is 1.83 bits per heavy atom. The first kappa shape index (κ1) is 25.8. The highest BCUT2D eigenvalue weighted by molar-refractivity contribution is 7.89. The molecule has 8 nitrogen and oxygen atoms in total. The summed E-state index contributed by atoms with van der Waals surface area (Å²) in [7, 11) is -3.83. The monoisotopic (exact) mass is 508 g/mol. The molecule has 1 fully saturated rings. The maximum absolute atomic E-state index is 13.6. The van der Waals surface area contributed by atoms with E-state index in [2.05, 4.69) is 27.6 Å². The van der Waals surface area contributed by atoms with Crippen LogP contribution in [0.5, 0.6) is 0 Å². The zero-order valence-electron chi connectivity index (χ0n) is 21.1. The SMILES string of the molecule is Cc1cc(C)c(C=Cc2onc(C)c2S(=O)(=O)N2CCC(C(=O)NCc3cccnc3)CC2)c(C)c1. The number of pyridine rings is 1. The van der Waals surface area contributed by atoms with E-state index in [0.29, 0.717) is 25.1 Å². The van der Waals surface area contributed by atoms with Crippen molar-refractivity contribution in [1.82, 2.24) is 19.8 Å². The van der Waals surface area contributed by atoms with Gasteiger partial charge >= 0.3 is 0 Å². The van der Waals surface area contributed by atoms with Gasteiger partial charge in [-0.2, -0.15) is 4.31 Å². The molecule has 36 heavy (non-hydrogen) atoms. The van der Waals surface area contributed by atoms with Crippen molar-refractivity contribution in [2.75, 3.05) is 13.1 Å². The van der Waals surface area contributed by atoms with Crippen LogP contribution in [0.2, 0.25) is 0 Å². The molecule has 2 aromatic heterocycles. The lowest BCUT2D eigenvalue weighted by Crippen LogP contribution is -2.43. The summed E-state index contributed by atoms with van der Waals surface area (Å²) in [6, 6.07) is 7.90. The number of carbonyl (C=O) groups is 1. The van der Waals surface area contributed by atoms with E-state index < -0.39 is 10.0 Å². The van der Waals surface area contributed by atoms with Crippen molar-refractivity contribution in [3.8, 4) is 0 Å². The Balaban J connectivity index is 1.45. The van der Waals surface area contributed by atoms with Crippen molar-refractivity contribution >= 4 is 28.1 Å². The Labute approximate surface area is 212 Å². The fraction of sp³-hybridized carbons (Fsp3) is 0.370. The number of nitrogens with zero attached hydrogens (tertiary/aromatic N) is 3. The maximum atomic E-state index is 13.6. The topological polar surface area (TPSA) is 105 Å². The lowest BCUT2D eigenvalue weighted by Gasteiger charge is -2.30. The number of nitrogens with one attached hydrogen (secondary N) is 1. The van der Waals surface area contributed by atoms with Crippen molar-refractivity contribution in [1.29, 1.82) is 0 Å². The van der Waals surface area contributed by atoms with Gasteiger partial charge in [-0.05, 0) is 74.9 Å². The van der Waals surface area contributed by atoms with Crippen LogP contribution in [-0.4, -0.2) is 41.9 Å². The number of aryl methyl sites for hydroxylation is 4. The van der Waals surface area contributed by atoms with E-state index in [1.807, 2.05) is 39.0 Å². The summed E-state index contributed by atoms with van der Waals surface area (Å²) >= 11 is 0. The lowest BCUT2D eigenvalue weighted by atomic mass is 9.97. The molecule has 190 valence electrons. The molecule has 9 heteroatoms. The standard InChI is InChI=1S/C27H32N4O4S/c1-18-14-19(2)24(20(3)15-18)7-8-25-26(21(4)30-35-25)36(33,34)31-12-9-23(10-13-31)27(32)29-17-22-6-5-11-28-16-22/h5-8,11,14-16,23H,9-10,12-13,17H2,1-4H3,(H,29,32). The van der Waals surface area contributed by atoms with Crippen LogP contribution < -0.4 is 5.32 Å². The Morgan fingerprint density at radius 3 is 2.47 bits per heavy atom. The van der Waals surface area contributed by atoms with Crippen molar-refractivity contribution in [2.45, 2.75) is 52.0 Å². The summed E-state index contributed by atoms with van der Waals surface area (Å²) in [5.74, 6) is -0.0868. The molecule has 1 aliphatic heterocycles. The maximum Gasteiger partial charge on any atom is 0.248 e. The Hall–Kier alpha value is -3.30. The van der Waals surface area contributed by atoms with Crippen LogP contribution in [-0.2, 0) is 21.4 Å². The number of piperidine rings is 1. The molecule has 1 amide bonds. The number of hydrogen-bond acceptors (Lipinski definition) is 6. The van der Waals surface area contributed by atoms with Gasteiger partial charge in [0.1, 0.15) is 5.69 Å². The highest BCUT2D eigenvalue weighted by atomic mass is 32.2. The summed E-state index contributed by atoms with van der Waals surface area (Å²) in [6.07, 6.45) is 7.86. The quantitative estimate of drug-likeness (QED) is 0.513. The van der Waals surface area contributed by atoms with Crippen LogP contribution >= 0.6 is 0 Å².